The molecule has 4 heterocycles. The number of halogens is 3. The lowest BCUT2D eigenvalue weighted by Gasteiger charge is -2.27. The van der Waals surface area contributed by atoms with Gasteiger partial charge in [-0.2, -0.15) is 18.3 Å². The fraction of sp³-hybridized carbons (Fsp3) is 0.269. The molecule has 0 saturated heterocycles. The Morgan fingerprint density at radius 3 is 2.55 bits per heavy atom. The molecule has 4 rings (SSSR count). The molecule has 0 radical (unpaired) electrons. The van der Waals surface area contributed by atoms with Gasteiger partial charge in [-0.3, -0.25) is 19.4 Å². The number of carbonyl (C=O) groups is 3. The fourth-order valence-corrected chi connectivity index (χ4v) is 3.61. The Bertz CT molecular complexity index is 1640. The van der Waals surface area contributed by atoms with E-state index in [2.05, 4.69) is 25.4 Å². The minimum atomic E-state index is -4.75. The van der Waals surface area contributed by atoms with Crippen molar-refractivity contribution in [2.45, 2.75) is 32.5 Å². The molecule has 0 atom stereocenters. The number of aromatic carboxylic acids is 1. The van der Waals surface area contributed by atoms with E-state index >= 15 is 0 Å². The third-order valence-electron chi connectivity index (χ3n) is 5.29. The molecule has 0 aromatic carbocycles. The highest BCUT2D eigenvalue weighted by Gasteiger charge is 2.36. The standard InChI is InChI=1S/C26H24F3N7O6/c1-25(2,3)42-24(40)36(13-26(27,28)29)19-8-14(5-6-31-19)22-33-18(12-41-22)21(37)32-17-11-35(4)34-20(17)15-7-16(23(38)39)10-30-9-15/h5-12H,13H2,1-4H3,(H,32,37)(H,38,39). The summed E-state index contributed by atoms with van der Waals surface area (Å²) < 4.78 is 51.8. The number of aryl methyl sites for hydroxylation is 1. The number of carbonyl (C=O) groups excluding carboxylic acids is 2. The first-order chi connectivity index (χ1) is 19.6. The van der Waals surface area contributed by atoms with Crippen LogP contribution in [0.4, 0.5) is 29.5 Å². The van der Waals surface area contributed by atoms with Crippen LogP contribution in [-0.2, 0) is 11.8 Å². The van der Waals surface area contributed by atoms with Crippen LogP contribution in [0.15, 0.2) is 53.7 Å². The molecule has 0 spiro atoms. The number of aromatic nitrogens is 5. The summed E-state index contributed by atoms with van der Waals surface area (Å²) in [5.74, 6) is -2.42. The lowest BCUT2D eigenvalue weighted by molar-refractivity contribution is -0.119. The predicted molar refractivity (Wildman–Crippen MR) is 141 cm³/mol. The maximum atomic E-state index is 13.3. The number of anilines is 2. The first kappa shape index (κ1) is 29.7. The van der Waals surface area contributed by atoms with Crippen molar-refractivity contribution < 1.29 is 41.8 Å². The molecule has 2 amide bonds. The quantitative estimate of drug-likeness (QED) is 0.307. The Labute approximate surface area is 236 Å². The topological polar surface area (TPSA) is 166 Å². The van der Waals surface area contributed by atoms with Crippen molar-refractivity contribution in [1.29, 1.82) is 0 Å². The number of pyridine rings is 2. The van der Waals surface area contributed by atoms with E-state index in [4.69, 9.17) is 9.15 Å². The molecule has 0 aliphatic heterocycles. The van der Waals surface area contributed by atoms with Gasteiger partial charge >= 0.3 is 18.2 Å². The number of nitrogens with zero attached hydrogens (tertiary/aromatic N) is 6. The summed E-state index contributed by atoms with van der Waals surface area (Å²) in [6, 6.07) is 3.87. The number of amides is 2. The number of rotatable bonds is 7. The van der Waals surface area contributed by atoms with Crippen molar-refractivity contribution in [1.82, 2.24) is 24.7 Å². The van der Waals surface area contributed by atoms with Crippen LogP contribution in [0.3, 0.4) is 0 Å². The maximum absolute atomic E-state index is 13.3. The van der Waals surface area contributed by atoms with Crippen LogP contribution < -0.4 is 10.2 Å². The van der Waals surface area contributed by atoms with Gasteiger partial charge in [0, 0.05) is 43.0 Å². The van der Waals surface area contributed by atoms with E-state index in [1.54, 1.807) is 7.05 Å². The zero-order chi connectivity index (χ0) is 30.8. The average Bonchev–Trinajstić information content (AvgIpc) is 3.53. The number of ether oxygens (including phenoxy) is 1. The Kier molecular flexibility index (Phi) is 7.99. The first-order valence-corrected chi connectivity index (χ1v) is 12.1. The number of hydrogen-bond donors (Lipinski definition) is 2. The second-order valence-electron chi connectivity index (χ2n) is 9.91. The highest BCUT2D eigenvalue weighted by atomic mass is 19.4. The minimum absolute atomic E-state index is 0.0752. The second-order valence-corrected chi connectivity index (χ2v) is 9.91. The van der Waals surface area contributed by atoms with Gasteiger partial charge in [0.15, 0.2) is 5.69 Å². The number of hydrogen-bond acceptors (Lipinski definition) is 9. The summed E-state index contributed by atoms with van der Waals surface area (Å²) in [5, 5.41) is 16.1. The van der Waals surface area contributed by atoms with Crippen LogP contribution in [-0.4, -0.2) is 66.1 Å². The van der Waals surface area contributed by atoms with Crippen molar-refractivity contribution in [2.75, 3.05) is 16.8 Å². The Morgan fingerprint density at radius 1 is 1.14 bits per heavy atom. The normalized spacial score (nSPS) is 11.7. The molecule has 0 saturated carbocycles. The van der Waals surface area contributed by atoms with Gasteiger partial charge in [0.05, 0.1) is 11.3 Å². The van der Waals surface area contributed by atoms with Crippen molar-refractivity contribution in [2.24, 2.45) is 7.05 Å². The number of nitrogens with one attached hydrogen (secondary N) is 1. The van der Waals surface area contributed by atoms with E-state index in [1.807, 2.05) is 0 Å². The monoisotopic (exact) mass is 587 g/mol. The zero-order valence-corrected chi connectivity index (χ0v) is 22.6. The minimum Gasteiger partial charge on any atom is -0.478 e. The van der Waals surface area contributed by atoms with Gasteiger partial charge in [0.25, 0.3) is 5.91 Å². The number of oxazole rings is 1. The Morgan fingerprint density at radius 2 is 1.88 bits per heavy atom. The summed E-state index contributed by atoms with van der Waals surface area (Å²) in [4.78, 5) is 49.1. The van der Waals surface area contributed by atoms with Gasteiger partial charge in [-0.25, -0.2) is 19.6 Å². The molecule has 0 aliphatic rings. The van der Waals surface area contributed by atoms with Crippen molar-refractivity contribution in [3.63, 3.8) is 0 Å². The smallest absolute Gasteiger partial charge is 0.416 e. The molecule has 0 aliphatic carbocycles. The molecule has 0 bridgehead atoms. The molecule has 13 nitrogen and oxygen atoms in total. The lowest BCUT2D eigenvalue weighted by atomic mass is 10.1. The Balaban J connectivity index is 1.58. The van der Waals surface area contributed by atoms with E-state index in [1.165, 1.54) is 56.2 Å². The molecule has 4 aromatic heterocycles. The molecular formula is C26H24F3N7O6. The summed E-state index contributed by atoms with van der Waals surface area (Å²) >= 11 is 0. The second kappa shape index (κ2) is 11.3. The predicted octanol–water partition coefficient (Wildman–Crippen LogP) is 4.79. The maximum Gasteiger partial charge on any atom is 0.416 e. The third-order valence-corrected chi connectivity index (χ3v) is 5.29. The number of alkyl halides is 3. The van der Waals surface area contributed by atoms with Gasteiger partial charge in [-0.05, 0) is 39.0 Å². The molecule has 0 fully saturated rings. The third kappa shape index (κ3) is 7.26. The van der Waals surface area contributed by atoms with Crippen molar-refractivity contribution in [3.05, 3.63) is 60.5 Å². The van der Waals surface area contributed by atoms with Crippen LogP contribution in [0, 0.1) is 0 Å². The van der Waals surface area contributed by atoms with Crippen molar-refractivity contribution in [3.8, 4) is 22.7 Å². The fourth-order valence-electron chi connectivity index (χ4n) is 3.61. The number of carboxylic acids is 1. The molecule has 16 heteroatoms. The molecule has 220 valence electrons. The van der Waals surface area contributed by atoms with Gasteiger partial charge in [0.2, 0.25) is 5.89 Å². The Hall–Kier alpha value is -5.28. The summed E-state index contributed by atoms with van der Waals surface area (Å²) in [6.07, 6.45) is 0.233. The summed E-state index contributed by atoms with van der Waals surface area (Å²) in [7, 11) is 1.60. The highest BCUT2D eigenvalue weighted by molar-refractivity contribution is 6.05. The molecule has 4 aromatic rings. The van der Waals surface area contributed by atoms with E-state index < -0.39 is 36.3 Å². The number of carboxylic acid groups (broad SMARTS) is 1. The average molecular weight is 588 g/mol. The zero-order valence-electron chi connectivity index (χ0n) is 22.6. The highest BCUT2D eigenvalue weighted by Crippen LogP contribution is 2.29. The van der Waals surface area contributed by atoms with E-state index in [0.717, 1.165) is 18.5 Å². The van der Waals surface area contributed by atoms with Gasteiger partial charge in [-0.1, -0.05) is 0 Å². The van der Waals surface area contributed by atoms with Gasteiger partial charge < -0.3 is 19.6 Å². The van der Waals surface area contributed by atoms with Crippen LogP contribution in [0.1, 0.15) is 41.6 Å². The molecular weight excluding hydrogens is 563 g/mol. The largest absolute Gasteiger partial charge is 0.478 e. The molecule has 0 unspecified atom stereocenters. The summed E-state index contributed by atoms with van der Waals surface area (Å²) in [5.41, 5.74) is -0.382. The van der Waals surface area contributed by atoms with Gasteiger partial charge in [-0.15, -0.1) is 0 Å². The van der Waals surface area contributed by atoms with E-state index in [0.29, 0.717) is 10.5 Å². The SMILES string of the molecule is Cn1cc(NC(=O)c2coc(-c3ccnc(N(CC(F)(F)F)C(=O)OC(C)(C)C)c3)n2)c(-c2cncc(C(=O)O)c2)n1. The molecule has 2 N–H and O–H groups in total. The molecule has 42 heavy (non-hydrogen) atoms. The lowest BCUT2D eigenvalue weighted by Crippen LogP contribution is -2.42. The first-order valence-electron chi connectivity index (χ1n) is 12.1. The van der Waals surface area contributed by atoms with Crippen molar-refractivity contribution >= 4 is 29.5 Å². The van der Waals surface area contributed by atoms with E-state index in [-0.39, 0.29) is 39.9 Å². The summed E-state index contributed by atoms with van der Waals surface area (Å²) in [6.45, 7) is 2.88. The van der Waals surface area contributed by atoms with Crippen LogP contribution in [0.25, 0.3) is 22.7 Å². The van der Waals surface area contributed by atoms with Crippen LogP contribution in [0.2, 0.25) is 0 Å². The van der Waals surface area contributed by atoms with E-state index in [9.17, 15) is 32.7 Å². The van der Waals surface area contributed by atoms with Crippen LogP contribution in [0.5, 0.6) is 0 Å². The van der Waals surface area contributed by atoms with Gasteiger partial charge in [0.1, 0.15) is 29.9 Å². The van der Waals surface area contributed by atoms with Crippen LogP contribution >= 0.6 is 0 Å².